The lowest BCUT2D eigenvalue weighted by molar-refractivity contribution is -0.114. The molecule has 1 unspecified atom stereocenters. The number of anilines is 1. The number of benzene rings is 1. The van der Waals surface area contributed by atoms with Gasteiger partial charge in [0.15, 0.2) is 0 Å². The fourth-order valence-electron chi connectivity index (χ4n) is 1.52. The molecule has 0 saturated heterocycles. The normalized spacial score (nSPS) is 12.0. The summed E-state index contributed by atoms with van der Waals surface area (Å²) in [6, 6.07) is 5.00. The molecule has 1 aromatic rings. The van der Waals surface area contributed by atoms with E-state index in [1.54, 1.807) is 18.2 Å². The van der Waals surface area contributed by atoms with E-state index < -0.39 is 6.10 Å². The summed E-state index contributed by atoms with van der Waals surface area (Å²) in [7, 11) is 1.52. The zero-order valence-electron chi connectivity index (χ0n) is 9.93. The van der Waals surface area contributed by atoms with E-state index in [2.05, 4.69) is 5.32 Å². The number of hydrogen-bond donors (Lipinski definition) is 3. The van der Waals surface area contributed by atoms with Crippen LogP contribution in [-0.4, -0.2) is 29.8 Å². The molecule has 0 radical (unpaired) electrons. The van der Waals surface area contributed by atoms with Gasteiger partial charge >= 0.3 is 0 Å². The minimum Gasteiger partial charge on any atom is -0.497 e. The van der Waals surface area contributed by atoms with E-state index >= 15 is 0 Å². The monoisotopic (exact) mass is 239 g/mol. The van der Waals surface area contributed by atoms with Crippen molar-refractivity contribution in [3.63, 3.8) is 0 Å². The lowest BCUT2D eigenvalue weighted by Crippen LogP contribution is -2.11. The molecule has 0 aliphatic rings. The summed E-state index contributed by atoms with van der Waals surface area (Å²) in [5.41, 5.74) is 1.06. The second-order valence-corrected chi connectivity index (χ2v) is 3.66. The number of amides is 1. The van der Waals surface area contributed by atoms with Gasteiger partial charge in [0.1, 0.15) is 5.75 Å². The topological polar surface area (TPSA) is 78.8 Å². The molecule has 0 heterocycles. The van der Waals surface area contributed by atoms with Crippen molar-refractivity contribution >= 4 is 11.6 Å². The third kappa shape index (κ3) is 3.72. The van der Waals surface area contributed by atoms with Gasteiger partial charge in [-0.3, -0.25) is 4.79 Å². The average molecular weight is 239 g/mol. The van der Waals surface area contributed by atoms with Gasteiger partial charge in [0.25, 0.3) is 0 Å². The van der Waals surface area contributed by atoms with Crippen LogP contribution in [0, 0.1) is 0 Å². The molecule has 0 saturated carbocycles. The number of nitrogens with one attached hydrogen (secondary N) is 1. The van der Waals surface area contributed by atoms with E-state index in [4.69, 9.17) is 9.84 Å². The van der Waals surface area contributed by atoms with Crippen LogP contribution in [0.2, 0.25) is 0 Å². The second kappa shape index (κ2) is 6.22. The molecule has 17 heavy (non-hydrogen) atoms. The van der Waals surface area contributed by atoms with Crippen molar-refractivity contribution in [2.24, 2.45) is 0 Å². The van der Waals surface area contributed by atoms with Gasteiger partial charge in [0, 0.05) is 31.2 Å². The SMILES string of the molecule is COc1ccc(NC(C)=O)c(C(O)CCO)c1. The van der Waals surface area contributed by atoms with Gasteiger partial charge in [0.2, 0.25) is 5.91 Å². The first-order valence-corrected chi connectivity index (χ1v) is 5.33. The van der Waals surface area contributed by atoms with Crippen LogP contribution in [-0.2, 0) is 4.79 Å². The van der Waals surface area contributed by atoms with Gasteiger partial charge in [-0.15, -0.1) is 0 Å². The zero-order chi connectivity index (χ0) is 12.8. The summed E-state index contributed by atoms with van der Waals surface area (Å²) in [4.78, 5) is 11.0. The molecule has 0 aliphatic heterocycles. The largest absolute Gasteiger partial charge is 0.497 e. The summed E-state index contributed by atoms with van der Waals surface area (Å²) >= 11 is 0. The van der Waals surface area contributed by atoms with E-state index in [9.17, 15) is 9.90 Å². The minimum absolute atomic E-state index is 0.127. The first-order chi connectivity index (χ1) is 8.08. The maximum atomic E-state index is 11.0. The Kier molecular flexibility index (Phi) is 4.93. The van der Waals surface area contributed by atoms with E-state index in [1.807, 2.05) is 0 Å². The Morgan fingerprint density at radius 1 is 1.53 bits per heavy atom. The summed E-state index contributed by atoms with van der Waals surface area (Å²) in [6.07, 6.45) is -0.628. The lowest BCUT2D eigenvalue weighted by Gasteiger charge is -2.16. The van der Waals surface area contributed by atoms with Crippen LogP contribution < -0.4 is 10.1 Å². The Labute approximate surface area is 100 Å². The first-order valence-electron chi connectivity index (χ1n) is 5.33. The van der Waals surface area contributed by atoms with Crippen molar-refractivity contribution in [3.8, 4) is 5.75 Å². The zero-order valence-corrected chi connectivity index (χ0v) is 9.93. The Morgan fingerprint density at radius 2 is 2.24 bits per heavy atom. The van der Waals surface area contributed by atoms with Crippen LogP contribution in [0.25, 0.3) is 0 Å². The minimum atomic E-state index is -0.836. The standard InChI is InChI=1S/C12H17NO4/c1-8(15)13-11-4-3-9(17-2)7-10(11)12(16)5-6-14/h3-4,7,12,14,16H,5-6H2,1-2H3,(H,13,15). The Hall–Kier alpha value is -1.59. The summed E-state index contributed by atoms with van der Waals surface area (Å²) in [6.45, 7) is 1.27. The molecule has 5 nitrogen and oxygen atoms in total. The van der Waals surface area contributed by atoms with Crippen LogP contribution >= 0.6 is 0 Å². The molecular weight excluding hydrogens is 222 g/mol. The number of aliphatic hydroxyl groups excluding tert-OH is 2. The summed E-state index contributed by atoms with van der Waals surface area (Å²) in [5.74, 6) is 0.374. The molecule has 0 fully saturated rings. The van der Waals surface area contributed by atoms with Crippen LogP contribution in [0.15, 0.2) is 18.2 Å². The lowest BCUT2D eigenvalue weighted by atomic mass is 10.0. The van der Waals surface area contributed by atoms with Crippen molar-refractivity contribution in [1.82, 2.24) is 0 Å². The van der Waals surface area contributed by atoms with Crippen LogP contribution in [0.5, 0.6) is 5.75 Å². The number of methoxy groups -OCH3 is 1. The molecule has 1 aromatic carbocycles. The molecule has 5 heteroatoms. The Balaban J connectivity index is 3.06. The van der Waals surface area contributed by atoms with Crippen molar-refractivity contribution in [2.75, 3.05) is 19.0 Å². The van der Waals surface area contributed by atoms with Gasteiger partial charge in [-0.2, -0.15) is 0 Å². The fraction of sp³-hybridized carbons (Fsp3) is 0.417. The quantitative estimate of drug-likeness (QED) is 0.718. The van der Waals surface area contributed by atoms with Gasteiger partial charge in [-0.05, 0) is 18.2 Å². The summed E-state index contributed by atoms with van der Waals surface area (Å²) in [5, 5.41) is 21.3. The molecule has 0 bridgehead atoms. The highest BCUT2D eigenvalue weighted by Gasteiger charge is 2.14. The van der Waals surface area contributed by atoms with Crippen molar-refractivity contribution in [1.29, 1.82) is 0 Å². The van der Waals surface area contributed by atoms with E-state index in [1.165, 1.54) is 14.0 Å². The maximum absolute atomic E-state index is 11.0. The molecule has 1 rings (SSSR count). The van der Waals surface area contributed by atoms with Crippen molar-refractivity contribution in [3.05, 3.63) is 23.8 Å². The van der Waals surface area contributed by atoms with Gasteiger partial charge < -0.3 is 20.3 Å². The van der Waals surface area contributed by atoms with E-state index in [-0.39, 0.29) is 18.9 Å². The number of hydrogen-bond acceptors (Lipinski definition) is 4. The third-order valence-electron chi connectivity index (χ3n) is 2.33. The average Bonchev–Trinajstić information content (AvgIpc) is 2.29. The van der Waals surface area contributed by atoms with Gasteiger partial charge in [-0.25, -0.2) is 0 Å². The van der Waals surface area contributed by atoms with E-state index in [0.29, 0.717) is 17.0 Å². The highest BCUT2D eigenvalue weighted by molar-refractivity contribution is 5.89. The Bertz CT molecular complexity index is 392. The van der Waals surface area contributed by atoms with Crippen molar-refractivity contribution < 1.29 is 19.7 Å². The third-order valence-corrected chi connectivity index (χ3v) is 2.33. The number of ether oxygens (including phenoxy) is 1. The van der Waals surface area contributed by atoms with Crippen LogP contribution in [0.1, 0.15) is 25.0 Å². The predicted octanol–water partition coefficient (Wildman–Crippen LogP) is 1.07. The highest BCUT2D eigenvalue weighted by atomic mass is 16.5. The number of aliphatic hydroxyl groups is 2. The first kappa shape index (κ1) is 13.5. The van der Waals surface area contributed by atoms with E-state index in [0.717, 1.165) is 0 Å². The number of rotatable bonds is 5. The molecule has 0 aromatic heterocycles. The molecule has 0 aliphatic carbocycles. The van der Waals surface area contributed by atoms with Crippen LogP contribution in [0.3, 0.4) is 0 Å². The summed E-state index contributed by atoms with van der Waals surface area (Å²) < 4.78 is 5.06. The molecule has 1 amide bonds. The predicted molar refractivity (Wildman–Crippen MR) is 64.0 cm³/mol. The molecule has 0 spiro atoms. The second-order valence-electron chi connectivity index (χ2n) is 3.66. The number of carbonyl (C=O) groups excluding carboxylic acids is 1. The van der Waals surface area contributed by atoms with Gasteiger partial charge in [-0.1, -0.05) is 0 Å². The maximum Gasteiger partial charge on any atom is 0.221 e. The molecule has 3 N–H and O–H groups in total. The van der Waals surface area contributed by atoms with Crippen molar-refractivity contribution in [2.45, 2.75) is 19.4 Å². The number of carbonyl (C=O) groups is 1. The van der Waals surface area contributed by atoms with Gasteiger partial charge in [0.05, 0.1) is 13.2 Å². The highest BCUT2D eigenvalue weighted by Crippen LogP contribution is 2.29. The molecular formula is C12H17NO4. The molecule has 94 valence electrons. The molecule has 1 atom stereocenters. The van der Waals surface area contributed by atoms with Crippen LogP contribution in [0.4, 0.5) is 5.69 Å². The Morgan fingerprint density at radius 3 is 2.76 bits per heavy atom. The smallest absolute Gasteiger partial charge is 0.221 e. The fourth-order valence-corrected chi connectivity index (χ4v) is 1.52.